The molecule has 3 heterocycles. The minimum Gasteiger partial charge on any atom is -0.373 e. The first-order valence-electron chi connectivity index (χ1n) is 12.9. The van der Waals surface area contributed by atoms with E-state index >= 15 is 0 Å². The van der Waals surface area contributed by atoms with E-state index in [1.54, 1.807) is 18.2 Å². The number of hydrogen-bond acceptors (Lipinski definition) is 4. The molecule has 200 valence electrons. The summed E-state index contributed by atoms with van der Waals surface area (Å²) in [4.78, 5) is 15.0. The number of rotatable bonds is 7. The maximum atomic E-state index is 13.1. The number of alkyl halides is 2. The van der Waals surface area contributed by atoms with Crippen molar-refractivity contribution in [3.05, 3.63) is 69.4 Å². The molecule has 2 bridgehead atoms. The molecule has 3 aliphatic rings. The van der Waals surface area contributed by atoms with Gasteiger partial charge in [0.15, 0.2) is 0 Å². The van der Waals surface area contributed by atoms with Crippen LogP contribution in [-0.4, -0.2) is 34.3 Å². The summed E-state index contributed by atoms with van der Waals surface area (Å²) in [5, 5.41) is 8.22. The number of hydrogen-bond donors (Lipinski definition) is 1. The largest absolute Gasteiger partial charge is 0.373 e. The standard InChI is InChI=1S/C28H27Cl2F2N3O3/c29-22-2-1-3-23(30)24(22)25-21(26(38-34-25)15-4-5-15)14-37-20-12-18-10-11-19(13-20)35(18)28(36)33-17-8-6-16(7-9-17)27(31)32/h1-3,6-9,15,18-20,27H,4-5,10-14H2,(H,33,36). The van der Waals surface area contributed by atoms with E-state index in [9.17, 15) is 13.6 Å². The van der Waals surface area contributed by atoms with Gasteiger partial charge in [0.1, 0.15) is 11.5 Å². The fourth-order valence-corrected chi connectivity index (χ4v) is 6.32. The van der Waals surface area contributed by atoms with Crippen molar-refractivity contribution in [1.29, 1.82) is 0 Å². The van der Waals surface area contributed by atoms with Crippen LogP contribution in [0.3, 0.4) is 0 Å². The van der Waals surface area contributed by atoms with E-state index in [-0.39, 0.29) is 29.8 Å². The molecule has 3 aromatic rings. The molecule has 3 fully saturated rings. The number of fused-ring (bicyclic) bond motifs is 2. The maximum absolute atomic E-state index is 13.1. The molecule has 10 heteroatoms. The molecule has 2 saturated heterocycles. The van der Waals surface area contributed by atoms with Crippen LogP contribution in [0.5, 0.6) is 0 Å². The molecular weight excluding hydrogens is 535 g/mol. The van der Waals surface area contributed by atoms with Gasteiger partial charge in [-0.05, 0) is 62.8 Å². The third kappa shape index (κ3) is 5.01. The lowest BCUT2D eigenvalue weighted by atomic mass is 9.99. The number of amides is 2. The number of nitrogens with zero attached hydrogens (tertiary/aromatic N) is 2. The molecule has 2 amide bonds. The third-order valence-electron chi connectivity index (χ3n) is 7.77. The highest BCUT2D eigenvalue weighted by Crippen LogP contribution is 2.46. The molecule has 0 spiro atoms. The summed E-state index contributed by atoms with van der Waals surface area (Å²) in [5.41, 5.74) is 2.60. The lowest BCUT2D eigenvalue weighted by Gasteiger charge is -2.38. The van der Waals surface area contributed by atoms with Crippen LogP contribution >= 0.6 is 23.2 Å². The van der Waals surface area contributed by atoms with E-state index in [0.717, 1.165) is 49.8 Å². The van der Waals surface area contributed by atoms with Crippen LogP contribution in [0.2, 0.25) is 10.0 Å². The number of benzene rings is 2. The van der Waals surface area contributed by atoms with Gasteiger partial charge in [0.2, 0.25) is 0 Å². The van der Waals surface area contributed by atoms with Gasteiger partial charge < -0.3 is 19.5 Å². The molecule has 2 aliphatic heterocycles. The van der Waals surface area contributed by atoms with Crippen LogP contribution in [0.15, 0.2) is 47.0 Å². The lowest BCUT2D eigenvalue weighted by Crippen LogP contribution is -2.50. The number of carbonyl (C=O) groups is 1. The second-order valence-electron chi connectivity index (χ2n) is 10.3. The minimum absolute atomic E-state index is 0.0154. The van der Waals surface area contributed by atoms with E-state index in [0.29, 0.717) is 39.5 Å². The number of nitrogens with one attached hydrogen (secondary N) is 1. The number of halogens is 4. The van der Waals surface area contributed by atoms with Crippen molar-refractivity contribution in [2.24, 2.45) is 0 Å². The molecule has 0 radical (unpaired) electrons. The van der Waals surface area contributed by atoms with Crippen molar-refractivity contribution in [1.82, 2.24) is 10.1 Å². The monoisotopic (exact) mass is 561 g/mol. The second-order valence-corrected chi connectivity index (χ2v) is 11.1. The van der Waals surface area contributed by atoms with Gasteiger partial charge in [-0.15, -0.1) is 0 Å². The first kappa shape index (κ1) is 25.6. The van der Waals surface area contributed by atoms with Crippen LogP contribution < -0.4 is 5.32 Å². The molecule has 6 rings (SSSR count). The van der Waals surface area contributed by atoms with Crippen molar-refractivity contribution in [3.8, 4) is 11.3 Å². The molecule has 1 saturated carbocycles. The quantitative estimate of drug-likeness (QED) is 0.315. The minimum atomic E-state index is -2.54. The van der Waals surface area contributed by atoms with Crippen molar-refractivity contribution in [3.63, 3.8) is 0 Å². The molecule has 1 N–H and O–H groups in total. The number of anilines is 1. The lowest BCUT2D eigenvalue weighted by molar-refractivity contribution is -0.0158. The molecule has 38 heavy (non-hydrogen) atoms. The Bertz CT molecular complexity index is 1300. The van der Waals surface area contributed by atoms with Crippen LogP contribution in [0.1, 0.15) is 67.8 Å². The Morgan fingerprint density at radius 1 is 1.05 bits per heavy atom. The fraction of sp³-hybridized carbons (Fsp3) is 0.429. The Kier molecular flexibility index (Phi) is 7.05. The highest BCUT2D eigenvalue weighted by atomic mass is 35.5. The van der Waals surface area contributed by atoms with Gasteiger partial charge in [0.05, 0.1) is 22.8 Å². The van der Waals surface area contributed by atoms with Gasteiger partial charge in [0, 0.05) is 40.4 Å². The summed E-state index contributed by atoms with van der Waals surface area (Å²) in [7, 11) is 0. The Morgan fingerprint density at radius 2 is 1.71 bits per heavy atom. The van der Waals surface area contributed by atoms with E-state index in [1.165, 1.54) is 24.3 Å². The van der Waals surface area contributed by atoms with Crippen LogP contribution in [0.25, 0.3) is 11.3 Å². The van der Waals surface area contributed by atoms with E-state index < -0.39 is 6.43 Å². The Hall–Kier alpha value is -2.68. The first-order chi connectivity index (χ1) is 18.4. The molecule has 2 aromatic carbocycles. The molecule has 6 nitrogen and oxygen atoms in total. The number of aromatic nitrogens is 1. The predicted molar refractivity (Wildman–Crippen MR) is 141 cm³/mol. The topological polar surface area (TPSA) is 67.6 Å². The van der Waals surface area contributed by atoms with Gasteiger partial charge in [-0.1, -0.05) is 46.6 Å². The van der Waals surface area contributed by atoms with E-state index in [4.69, 9.17) is 32.5 Å². The average Bonchev–Trinajstić information content (AvgIpc) is 3.60. The Balaban J connectivity index is 1.13. The smallest absolute Gasteiger partial charge is 0.322 e. The third-order valence-corrected chi connectivity index (χ3v) is 8.40. The fourth-order valence-electron chi connectivity index (χ4n) is 5.74. The number of urea groups is 1. The molecule has 1 aromatic heterocycles. The molecule has 2 atom stereocenters. The normalized spacial score (nSPS) is 22.8. The molecule has 1 aliphatic carbocycles. The van der Waals surface area contributed by atoms with Crippen molar-refractivity contribution < 1.29 is 22.8 Å². The SMILES string of the molecule is O=C(Nc1ccc(C(F)F)cc1)N1C2CCC1CC(OCc1c(-c3c(Cl)cccc3Cl)noc1C1CC1)C2. The number of carbonyl (C=O) groups excluding carboxylic acids is 1. The molecule has 2 unspecified atom stereocenters. The van der Waals surface area contributed by atoms with Gasteiger partial charge in [-0.25, -0.2) is 13.6 Å². The van der Waals surface area contributed by atoms with Gasteiger partial charge in [0.25, 0.3) is 6.43 Å². The van der Waals surface area contributed by atoms with Gasteiger partial charge in [-0.2, -0.15) is 0 Å². The summed E-state index contributed by atoms with van der Waals surface area (Å²) in [5.74, 6) is 1.18. The van der Waals surface area contributed by atoms with E-state index in [2.05, 4.69) is 10.5 Å². The first-order valence-corrected chi connectivity index (χ1v) is 13.7. The summed E-state index contributed by atoms with van der Waals surface area (Å²) < 4.78 is 37.9. The predicted octanol–water partition coefficient (Wildman–Crippen LogP) is 8.21. The summed E-state index contributed by atoms with van der Waals surface area (Å²) >= 11 is 13.0. The average molecular weight is 562 g/mol. The Labute approximate surface area is 229 Å². The molecular formula is C28H27Cl2F2N3O3. The highest BCUT2D eigenvalue weighted by Gasteiger charge is 2.44. The zero-order chi connectivity index (χ0) is 26.4. The summed E-state index contributed by atoms with van der Waals surface area (Å²) in [6.07, 6.45) is 2.82. The maximum Gasteiger partial charge on any atom is 0.322 e. The summed E-state index contributed by atoms with van der Waals surface area (Å²) in [6.45, 7) is 0.332. The zero-order valence-electron chi connectivity index (χ0n) is 20.5. The van der Waals surface area contributed by atoms with Crippen molar-refractivity contribution in [2.45, 2.75) is 75.7 Å². The number of piperidine rings is 1. The van der Waals surface area contributed by atoms with Crippen LogP contribution in [0, 0.1) is 0 Å². The van der Waals surface area contributed by atoms with Crippen molar-refractivity contribution >= 4 is 34.9 Å². The zero-order valence-corrected chi connectivity index (χ0v) is 22.0. The Morgan fingerprint density at radius 3 is 2.32 bits per heavy atom. The second kappa shape index (κ2) is 10.5. The van der Waals surface area contributed by atoms with E-state index in [1.807, 2.05) is 4.90 Å². The van der Waals surface area contributed by atoms with Gasteiger partial charge >= 0.3 is 6.03 Å². The van der Waals surface area contributed by atoms with Crippen LogP contribution in [0.4, 0.5) is 19.3 Å². The summed E-state index contributed by atoms with van der Waals surface area (Å²) in [6, 6.07) is 11.0. The van der Waals surface area contributed by atoms with Crippen LogP contribution in [-0.2, 0) is 11.3 Å². The van der Waals surface area contributed by atoms with Gasteiger partial charge in [-0.3, -0.25) is 0 Å². The van der Waals surface area contributed by atoms with Crippen molar-refractivity contribution in [2.75, 3.05) is 5.32 Å². The highest BCUT2D eigenvalue weighted by molar-refractivity contribution is 6.39. The number of ether oxygens (including phenoxy) is 1.